The van der Waals surface area contributed by atoms with Crippen molar-refractivity contribution in [2.75, 3.05) is 0 Å². The molecule has 0 atom stereocenters. The second kappa shape index (κ2) is 7.07. The van der Waals surface area contributed by atoms with Crippen molar-refractivity contribution in [3.8, 4) is 11.5 Å². The van der Waals surface area contributed by atoms with E-state index in [1.54, 1.807) is 12.4 Å². The van der Waals surface area contributed by atoms with Crippen LogP contribution < -0.4 is 4.98 Å². The van der Waals surface area contributed by atoms with E-state index in [9.17, 15) is 0 Å². The van der Waals surface area contributed by atoms with Gasteiger partial charge in [0.2, 0.25) is 0 Å². The molecular weight excluding hydrogens is 336 g/mol. The van der Waals surface area contributed by atoms with Crippen LogP contribution in [-0.4, -0.2) is 15.0 Å². The maximum Gasteiger partial charge on any atom is 1.00 e. The molecule has 0 aromatic carbocycles. The van der Waals surface area contributed by atoms with E-state index in [1.807, 2.05) is 24.3 Å². The second-order valence-electron chi connectivity index (χ2n) is 6.34. The van der Waals surface area contributed by atoms with Crippen LogP contribution in [0.5, 0.6) is 0 Å². The molecule has 0 unspecified atom stereocenters. The van der Waals surface area contributed by atoms with E-state index in [4.69, 9.17) is 4.98 Å². The molecule has 3 aromatic rings. The molecule has 5 heteroatoms. The summed E-state index contributed by atoms with van der Waals surface area (Å²) in [5.41, 5.74) is 3.87. The van der Waals surface area contributed by atoms with Crippen molar-refractivity contribution >= 4 is 0 Å². The van der Waals surface area contributed by atoms with Crippen molar-refractivity contribution in [3.05, 3.63) is 65.9 Å². The second-order valence-corrected chi connectivity index (χ2v) is 6.34. The van der Waals surface area contributed by atoms with E-state index in [0.717, 1.165) is 22.8 Å². The Labute approximate surface area is 147 Å². The molecule has 3 heterocycles. The normalized spacial score (nSPS) is 11.1. The third kappa shape index (κ3) is 4.27. The molecule has 0 aliphatic rings. The minimum absolute atomic E-state index is 0. The molecule has 0 aliphatic carbocycles. The summed E-state index contributed by atoms with van der Waals surface area (Å²) in [5, 5.41) is 0. The summed E-state index contributed by atoms with van der Waals surface area (Å²) >= 11 is 0. The minimum Gasteiger partial charge on any atom is -0.441 e. The van der Waals surface area contributed by atoms with Gasteiger partial charge in [0.25, 0.3) is 0 Å². The summed E-state index contributed by atoms with van der Waals surface area (Å²) in [6.45, 7) is 6.50. The van der Waals surface area contributed by atoms with Gasteiger partial charge >= 0.3 is 17.1 Å². The van der Waals surface area contributed by atoms with Gasteiger partial charge < -0.3 is 9.97 Å². The molecule has 0 saturated heterocycles. The quantitative estimate of drug-likeness (QED) is 0.676. The third-order valence-electron chi connectivity index (χ3n) is 3.42. The predicted molar refractivity (Wildman–Crippen MR) is 86.5 cm³/mol. The van der Waals surface area contributed by atoms with Gasteiger partial charge in [0.15, 0.2) is 0 Å². The molecule has 0 fully saturated rings. The summed E-state index contributed by atoms with van der Waals surface area (Å²) in [6.07, 6.45) is 4.24. The van der Waals surface area contributed by atoms with Gasteiger partial charge in [0.05, 0.1) is 5.69 Å². The number of imidazole rings is 1. The Morgan fingerprint density at radius 3 is 2.52 bits per heavy atom. The van der Waals surface area contributed by atoms with E-state index in [2.05, 4.69) is 47.9 Å². The molecule has 0 spiro atoms. The Morgan fingerprint density at radius 2 is 1.83 bits per heavy atom. The van der Waals surface area contributed by atoms with Crippen molar-refractivity contribution in [2.45, 2.75) is 32.6 Å². The zero-order valence-electron chi connectivity index (χ0n) is 13.4. The molecule has 0 saturated carbocycles. The fourth-order valence-corrected chi connectivity index (χ4v) is 2.21. The monoisotopic (exact) mass is 354 g/mol. The third-order valence-corrected chi connectivity index (χ3v) is 3.42. The van der Waals surface area contributed by atoms with Gasteiger partial charge in [-0.05, 0) is 30.1 Å². The van der Waals surface area contributed by atoms with E-state index in [1.165, 1.54) is 0 Å². The molecular formula is C18H19CuN4. The minimum atomic E-state index is 0. The average Bonchev–Trinajstić information content (AvgIpc) is 2.96. The Kier molecular flexibility index (Phi) is 5.34. The molecule has 0 amide bonds. The van der Waals surface area contributed by atoms with Crippen molar-refractivity contribution in [1.29, 1.82) is 0 Å². The SMILES string of the molecule is CC(C)(C)c1cccc(Cc2cnc(-c3ccccn3)[n-]2)n1.[Cu+]. The topological polar surface area (TPSA) is 52.8 Å². The molecule has 122 valence electrons. The summed E-state index contributed by atoms with van der Waals surface area (Å²) in [7, 11) is 0. The van der Waals surface area contributed by atoms with Gasteiger partial charge in [-0.2, -0.15) is 0 Å². The molecule has 0 N–H and O–H groups in total. The number of nitrogens with zero attached hydrogens (tertiary/aromatic N) is 4. The van der Waals surface area contributed by atoms with Crippen LogP contribution in [0.3, 0.4) is 0 Å². The predicted octanol–water partition coefficient (Wildman–Crippen LogP) is 3.38. The van der Waals surface area contributed by atoms with Gasteiger partial charge in [-0.25, -0.2) is 0 Å². The van der Waals surface area contributed by atoms with Crippen LogP contribution in [0, 0.1) is 0 Å². The van der Waals surface area contributed by atoms with Crippen molar-refractivity contribution in [3.63, 3.8) is 0 Å². The number of hydrogen-bond acceptors (Lipinski definition) is 3. The fourth-order valence-electron chi connectivity index (χ4n) is 2.21. The molecule has 3 rings (SSSR count). The van der Waals surface area contributed by atoms with Gasteiger partial charge in [0.1, 0.15) is 0 Å². The van der Waals surface area contributed by atoms with Crippen LogP contribution in [0.4, 0.5) is 0 Å². The first-order valence-corrected chi connectivity index (χ1v) is 7.39. The molecule has 0 radical (unpaired) electrons. The number of hydrogen-bond donors (Lipinski definition) is 0. The van der Waals surface area contributed by atoms with Crippen LogP contribution in [0.15, 0.2) is 48.8 Å². The molecule has 0 bridgehead atoms. The van der Waals surface area contributed by atoms with E-state index in [-0.39, 0.29) is 22.5 Å². The number of pyridine rings is 2. The van der Waals surface area contributed by atoms with Crippen molar-refractivity contribution in [2.24, 2.45) is 0 Å². The zero-order valence-corrected chi connectivity index (χ0v) is 14.4. The Hall–Kier alpha value is -1.97. The van der Waals surface area contributed by atoms with Crippen LogP contribution in [0.25, 0.3) is 11.5 Å². The maximum atomic E-state index is 4.74. The van der Waals surface area contributed by atoms with Crippen molar-refractivity contribution < 1.29 is 17.1 Å². The summed E-state index contributed by atoms with van der Waals surface area (Å²) in [4.78, 5) is 17.9. The maximum absolute atomic E-state index is 4.74. The average molecular weight is 355 g/mol. The largest absolute Gasteiger partial charge is 1.00 e. The molecule has 23 heavy (non-hydrogen) atoms. The van der Waals surface area contributed by atoms with Gasteiger partial charge in [0, 0.05) is 29.4 Å². The summed E-state index contributed by atoms with van der Waals surface area (Å²) in [5.74, 6) is 0.669. The summed E-state index contributed by atoms with van der Waals surface area (Å²) in [6, 6.07) is 11.9. The smallest absolute Gasteiger partial charge is 0.441 e. The fraction of sp³-hybridized carbons (Fsp3) is 0.278. The Bertz CT molecular complexity index is 760. The molecule has 3 aromatic heterocycles. The van der Waals surface area contributed by atoms with Gasteiger partial charge in [-0.15, -0.1) is 0 Å². The van der Waals surface area contributed by atoms with E-state index >= 15 is 0 Å². The van der Waals surface area contributed by atoms with E-state index in [0.29, 0.717) is 12.2 Å². The summed E-state index contributed by atoms with van der Waals surface area (Å²) < 4.78 is 0. The van der Waals surface area contributed by atoms with Crippen molar-refractivity contribution in [1.82, 2.24) is 19.9 Å². The number of rotatable bonds is 3. The Morgan fingerprint density at radius 1 is 1.00 bits per heavy atom. The first-order chi connectivity index (χ1) is 10.5. The first-order valence-electron chi connectivity index (χ1n) is 7.39. The van der Waals surface area contributed by atoms with Crippen LogP contribution in [0.1, 0.15) is 37.9 Å². The van der Waals surface area contributed by atoms with E-state index < -0.39 is 0 Å². The molecule has 0 aliphatic heterocycles. The van der Waals surface area contributed by atoms with Crippen LogP contribution >= 0.6 is 0 Å². The standard InChI is InChI=1S/C18H19N4.Cu/c1-18(2,3)16-9-6-7-13(21-16)11-14-12-20-17(22-14)15-8-4-5-10-19-15;/h4-10,12H,11H2,1-3H3;/q-1;+1. The van der Waals surface area contributed by atoms with Gasteiger partial charge in [-0.1, -0.05) is 44.8 Å². The van der Waals surface area contributed by atoms with Gasteiger partial charge in [-0.3, -0.25) is 9.97 Å². The van der Waals surface area contributed by atoms with Crippen LogP contribution in [0.2, 0.25) is 0 Å². The number of aromatic nitrogens is 4. The first kappa shape index (κ1) is 17.4. The molecule has 4 nitrogen and oxygen atoms in total. The van der Waals surface area contributed by atoms with Crippen LogP contribution in [-0.2, 0) is 28.9 Å². The Balaban J connectivity index is 0.00000192. The zero-order chi connectivity index (χ0) is 15.6.